The second-order valence-electron chi connectivity index (χ2n) is 6.20. The Balaban J connectivity index is 2.33. The zero-order valence-electron chi connectivity index (χ0n) is 13.4. The summed E-state index contributed by atoms with van der Waals surface area (Å²) < 4.78 is 46.2. The Morgan fingerprint density at radius 3 is 2.52 bits per heavy atom. The van der Waals surface area contributed by atoms with Crippen LogP contribution in [0.1, 0.15) is 32.8 Å². The number of ether oxygens (including phenoxy) is 1. The van der Waals surface area contributed by atoms with Crippen molar-refractivity contribution in [2.75, 3.05) is 6.61 Å². The lowest BCUT2D eigenvalue weighted by Crippen LogP contribution is -2.57. The Bertz CT molecular complexity index is 573. The van der Waals surface area contributed by atoms with Gasteiger partial charge in [-0.1, -0.05) is 18.2 Å². The van der Waals surface area contributed by atoms with Crippen molar-refractivity contribution in [3.8, 4) is 5.75 Å². The van der Waals surface area contributed by atoms with Crippen LogP contribution in [0.5, 0.6) is 5.75 Å². The Morgan fingerprint density at radius 2 is 2.00 bits per heavy atom. The van der Waals surface area contributed by atoms with E-state index in [9.17, 15) is 18.0 Å². The first-order valence-corrected chi connectivity index (χ1v) is 7.51. The molecule has 1 N–H and O–H groups in total. The Morgan fingerprint density at radius 1 is 1.35 bits per heavy atom. The third-order valence-corrected chi connectivity index (χ3v) is 3.87. The van der Waals surface area contributed by atoms with Crippen molar-refractivity contribution in [3.63, 3.8) is 0 Å². The first kappa shape index (κ1) is 17.6. The molecule has 1 aromatic carbocycles. The van der Waals surface area contributed by atoms with Crippen molar-refractivity contribution >= 4 is 5.91 Å². The van der Waals surface area contributed by atoms with Crippen molar-refractivity contribution in [3.05, 3.63) is 29.8 Å². The second kappa shape index (κ2) is 6.39. The number of benzene rings is 1. The average molecular weight is 330 g/mol. The van der Waals surface area contributed by atoms with E-state index in [4.69, 9.17) is 4.74 Å². The summed E-state index contributed by atoms with van der Waals surface area (Å²) in [6.45, 7) is 5.40. The van der Waals surface area contributed by atoms with Gasteiger partial charge in [-0.25, -0.2) is 5.01 Å². The van der Waals surface area contributed by atoms with E-state index in [0.29, 0.717) is 17.9 Å². The summed E-state index contributed by atoms with van der Waals surface area (Å²) in [4.78, 5) is 11.6. The van der Waals surface area contributed by atoms with Gasteiger partial charge in [-0.15, -0.1) is 0 Å². The number of nitrogens with one attached hydrogen (secondary N) is 1. The molecule has 1 aliphatic rings. The number of hydrogen-bond donors (Lipinski definition) is 1. The minimum Gasteiger partial charge on any atom is -0.494 e. The van der Waals surface area contributed by atoms with Gasteiger partial charge in [-0.2, -0.15) is 13.2 Å². The molecule has 1 aliphatic heterocycles. The lowest BCUT2D eigenvalue weighted by atomic mass is 9.97. The van der Waals surface area contributed by atoms with E-state index in [2.05, 4.69) is 5.43 Å². The monoisotopic (exact) mass is 330 g/mol. The molecule has 0 radical (unpaired) electrons. The van der Waals surface area contributed by atoms with Gasteiger partial charge in [-0.3, -0.25) is 10.2 Å². The predicted octanol–water partition coefficient (Wildman–Crippen LogP) is 3.07. The summed E-state index contributed by atoms with van der Waals surface area (Å²) in [5.41, 5.74) is 1.92. The molecule has 0 aliphatic carbocycles. The third kappa shape index (κ3) is 3.96. The van der Waals surface area contributed by atoms with Crippen LogP contribution in [0.15, 0.2) is 24.3 Å². The molecule has 4 nitrogen and oxygen atoms in total. The van der Waals surface area contributed by atoms with Gasteiger partial charge in [0.1, 0.15) is 11.8 Å². The standard InChI is InChI=1S/C16H21F3N2O2/c1-4-23-12-8-6-5-7-11(12)9-13(16(17,18)19)21-15(2,3)10-14(22)20-21/h5-8,13H,4,9-10H2,1-3H3,(H,20,22)/t13-/m0/s1. The van der Waals surface area contributed by atoms with Crippen LogP contribution >= 0.6 is 0 Å². The van der Waals surface area contributed by atoms with E-state index in [1.807, 2.05) is 0 Å². The quantitative estimate of drug-likeness (QED) is 0.902. The van der Waals surface area contributed by atoms with Gasteiger partial charge < -0.3 is 4.74 Å². The SMILES string of the molecule is CCOc1ccccc1C[C@H](N1NC(=O)CC1(C)C)C(F)(F)F. The normalized spacial score (nSPS) is 19.5. The first-order chi connectivity index (χ1) is 10.6. The van der Waals surface area contributed by atoms with Crippen LogP contribution in [0, 0.1) is 0 Å². The summed E-state index contributed by atoms with van der Waals surface area (Å²) in [7, 11) is 0. The number of carbonyl (C=O) groups excluding carboxylic acids is 1. The van der Waals surface area contributed by atoms with Crippen LogP contribution in [0.4, 0.5) is 13.2 Å². The molecule has 1 aromatic rings. The molecule has 7 heteroatoms. The fourth-order valence-electron chi connectivity index (χ4n) is 2.83. The van der Waals surface area contributed by atoms with Gasteiger partial charge in [0.05, 0.1) is 6.61 Å². The molecule has 0 unspecified atom stereocenters. The van der Waals surface area contributed by atoms with E-state index < -0.39 is 23.7 Å². The van der Waals surface area contributed by atoms with E-state index in [-0.39, 0.29) is 12.8 Å². The fraction of sp³-hybridized carbons (Fsp3) is 0.562. The molecule has 0 bridgehead atoms. The molecular weight excluding hydrogens is 309 g/mol. The van der Waals surface area contributed by atoms with Crippen molar-refractivity contribution in [1.82, 2.24) is 10.4 Å². The maximum absolute atomic E-state index is 13.6. The van der Waals surface area contributed by atoms with Crippen molar-refractivity contribution in [2.45, 2.75) is 51.4 Å². The average Bonchev–Trinajstić information content (AvgIpc) is 2.69. The highest BCUT2D eigenvalue weighted by molar-refractivity contribution is 5.79. The van der Waals surface area contributed by atoms with Gasteiger partial charge in [0.15, 0.2) is 0 Å². The van der Waals surface area contributed by atoms with Crippen molar-refractivity contribution < 1.29 is 22.7 Å². The third-order valence-electron chi connectivity index (χ3n) is 3.87. The lowest BCUT2D eigenvalue weighted by molar-refractivity contribution is -0.200. The molecule has 23 heavy (non-hydrogen) atoms. The topological polar surface area (TPSA) is 41.6 Å². The van der Waals surface area contributed by atoms with Crippen LogP contribution in [-0.4, -0.2) is 35.3 Å². The Labute approximate surface area is 133 Å². The largest absolute Gasteiger partial charge is 0.494 e. The number of nitrogens with zero attached hydrogens (tertiary/aromatic N) is 1. The summed E-state index contributed by atoms with van der Waals surface area (Å²) >= 11 is 0. The maximum atomic E-state index is 13.6. The minimum atomic E-state index is -4.48. The summed E-state index contributed by atoms with van der Waals surface area (Å²) in [6, 6.07) is 4.86. The summed E-state index contributed by atoms with van der Waals surface area (Å²) in [5, 5.41) is 1.03. The highest BCUT2D eigenvalue weighted by atomic mass is 19.4. The zero-order valence-corrected chi connectivity index (χ0v) is 13.4. The predicted molar refractivity (Wildman–Crippen MR) is 79.8 cm³/mol. The fourth-order valence-corrected chi connectivity index (χ4v) is 2.83. The number of amides is 1. The van der Waals surface area contributed by atoms with Crippen LogP contribution in [0.2, 0.25) is 0 Å². The highest BCUT2D eigenvalue weighted by Gasteiger charge is 2.52. The van der Waals surface area contributed by atoms with E-state index in [1.165, 1.54) is 0 Å². The number of hydrazine groups is 1. The molecule has 0 spiro atoms. The van der Waals surface area contributed by atoms with E-state index in [1.54, 1.807) is 45.0 Å². The highest BCUT2D eigenvalue weighted by Crippen LogP contribution is 2.36. The molecule has 1 amide bonds. The smallest absolute Gasteiger partial charge is 0.406 e. The molecule has 1 fully saturated rings. The lowest BCUT2D eigenvalue weighted by Gasteiger charge is -2.38. The van der Waals surface area contributed by atoms with E-state index in [0.717, 1.165) is 5.01 Å². The molecule has 1 atom stereocenters. The molecule has 0 saturated carbocycles. The van der Waals surface area contributed by atoms with Gasteiger partial charge in [0.25, 0.3) is 0 Å². The molecule has 1 heterocycles. The summed E-state index contributed by atoms with van der Waals surface area (Å²) in [5.74, 6) is 0.0370. The molecular formula is C16H21F3N2O2. The van der Waals surface area contributed by atoms with Gasteiger partial charge in [0, 0.05) is 18.4 Å². The number of halogens is 3. The number of carbonyl (C=O) groups is 1. The van der Waals surface area contributed by atoms with Crippen molar-refractivity contribution in [2.24, 2.45) is 0 Å². The van der Waals surface area contributed by atoms with Crippen LogP contribution in [0.3, 0.4) is 0 Å². The van der Waals surface area contributed by atoms with Crippen LogP contribution < -0.4 is 10.2 Å². The molecule has 128 valence electrons. The van der Waals surface area contributed by atoms with Crippen LogP contribution in [-0.2, 0) is 11.2 Å². The van der Waals surface area contributed by atoms with Gasteiger partial charge >= 0.3 is 6.18 Å². The summed E-state index contributed by atoms with van der Waals surface area (Å²) in [6.07, 6.45) is -4.73. The minimum absolute atomic E-state index is 0.0344. The Kier molecular flexibility index (Phi) is 4.89. The molecule has 0 aromatic heterocycles. The zero-order chi connectivity index (χ0) is 17.3. The number of para-hydroxylation sites is 1. The number of hydrogen-bond acceptors (Lipinski definition) is 3. The molecule has 2 rings (SSSR count). The number of rotatable bonds is 5. The first-order valence-electron chi connectivity index (χ1n) is 7.51. The number of alkyl halides is 3. The van der Waals surface area contributed by atoms with Crippen LogP contribution in [0.25, 0.3) is 0 Å². The van der Waals surface area contributed by atoms with Gasteiger partial charge in [0.2, 0.25) is 5.91 Å². The molecule has 1 saturated heterocycles. The maximum Gasteiger partial charge on any atom is 0.406 e. The van der Waals surface area contributed by atoms with Gasteiger partial charge in [-0.05, 0) is 32.4 Å². The van der Waals surface area contributed by atoms with Crippen molar-refractivity contribution in [1.29, 1.82) is 0 Å². The van der Waals surface area contributed by atoms with E-state index >= 15 is 0 Å². The Hall–Kier alpha value is -1.76. The second-order valence-corrected chi connectivity index (χ2v) is 6.20.